The summed E-state index contributed by atoms with van der Waals surface area (Å²) in [5.74, 6) is 0.687. The third kappa shape index (κ3) is 5.16. The Balaban J connectivity index is 1.58. The summed E-state index contributed by atoms with van der Waals surface area (Å²) < 4.78 is 11.4. The number of benzene rings is 1. The van der Waals surface area contributed by atoms with Crippen LogP contribution >= 0.6 is 0 Å². The first kappa shape index (κ1) is 17.2. The van der Waals surface area contributed by atoms with Crippen LogP contribution in [-0.4, -0.2) is 30.2 Å². The Morgan fingerprint density at radius 3 is 2.72 bits per heavy atom. The summed E-state index contributed by atoms with van der Waals surface area (Å²) in [6, 6.07) is 9.38. The molecule has 130 valence electrons. The molecule has 0 atom stereocenters. The average Bonchev–Trinajstić information content (AvgIpc) is 2.64. The Labute approximate surface area is 147 Å². The molecule has 1 aliphatic heterocycles. The van der Waals surface area contributed by atoms with Crippen LogP contribution in [0.1, 0.15) is 24.0 Å². The van der Waals surface area contributed by atoms with Gasteiger partial charge in [0, 0.05) is 37.0 Å². The fraction of sp³-hybridized carbons (Fsp3) is 0.300. The molecule has 0 bridgehead atoms. The molecule has 1 aromatic carbocycles. The molecule has 1 saturated heterocycles. The number of hydrogen-bond acceptors (Lipinski definition) is 4. The van der Waals surface area contributed by atoms with Gasteiger partial charge in [-0.3, -0.25) is 9.78 Å². The summed E-state index contributed by atoms with van der Waals surface area (Å²) >= 11 is 0. The van der Waals surface area contributed by atoms with Crippen LogP contribution in [0, 0.1) is 6.92 Å². The van der Waals surface area contributed by atoms with Crippen molar-refractivity contribution in [2.45, 2.75) is 25.9 Å². The van der Waals surface area contributed by atoms with Gasteiger partial charge < -0.3 is 14.8 Å². The quantitative estimate of drug-likeness (QED) is 0.846. The number of rotatable bonds is 5. The average molecular weight is 338 g/mol. The number of nitrogens with zero attached hydrogens (tertiary/aromatic N) is 1. The molecule has 0 unspecified atom stereocenters. The van der Waals surface area contributed by atoms with Gasteiger partial charge in [0.2, 0.25) is 5.91 Å². The number of aromatic nitrogens is 1. The number of carbonyl (C=O) groups excluding carboxylic acids is 1. The van der Waals surface area contributed by atoms with Gasteiger partial charge in [-0.25, -0.2) is 0 Å². The highest BCUT2D eigenvalue weighted by Crippen LogP contribution is 2.25. The number of pyridine rings is 1. The van der Waals surface area contributed by atoms with Crippen LogP contribution in [0.25, 0.3) is 6.08 Å². The smallest absolute Gasteiger partial charge is 0.248 e. The van der Waals surface area contributed by atoms with E-state index in [-0.39, 0.29) is 12.0 Å². The second-order valence-electron chi connectivity index (χ2n) is 6.01. The summed E-state index contributed by atoms with van der Waals surface area (Å²) in [6.07, 6.45) is 8.69. The van der Waals surface area contributed by atoms with Crippen LogP contribution in [0.15, 0.2) is 48.8 Å². The normalized spacial score (nSPS) is 15.2. The number of aryl methyl sites for hydroxylation is 1. The summed E-state index contributed by atoms with van der Waals surface area (Å²) in [5, 5.41) is 2.87. The molecule has 1 amide bonds. The number of nitrogens with one attached hydrogen (secondary N) is 1. The lowest BCUT2D eigenvalue weighted by Gasteiger charge is -2.24. The van der Waals surface area contributed by atoms with E-state index in [0.29, 0.717) is 0 Å². The Kier molecular flexibility index (Phi) is 5.80. The fourth-order valence-electron chi connectivity index (χ4n) is 2.66. The van der Waals surface area contributed by atoms with E-state index < -0.39 is 0 Å². The molecule has 0 radical (unpaired) electrons. The number of carbonyl (C=O) groups is 1. The zero-order chi connectivity index (χ0) is 17.5. The first-order valence-electron chi connectivity index (χ1n) is 8.45. The second-order valence-corrected chi connectivity index (χ2v) is 6.01. The predicted molar refractivity (Wildman–Crippen MR) is 97.5 cm³/mol. The highest BCUT2D eigenvalue weighted by atomic mass is 16.5. The highest BCUT2D eigenvalue weighted by molar-refractivity contribution is 6.02. The molecular weight excluding hydrogens is 316 g/mol. The van der Waals surface area contributed by atoms with Crippen molar-refractivity contribution in [2.24, 2.45) is 0 Å². The molecule has 1 aliphatic rings. The minimum absolute atomic E-state index is 0.172. The Hall–Kier alpha value is -2.66. The first-order chi connectivity index (χ1) is 12.2. The Bertz CT molecular complexity index is 738. The van der Waals surface area contributed by atoms with E-state index >= 15 is 0 Å². The summed E-state index contributed by atoms with van der Waals surface area (Å²) in [6.45, 7) is 3.49. The van der Waals surface area contributed by atoms with Crippen molar-refractivity contribution in [3.8, 4) is 5.75 Å². The summed E-state index contributed by atoms with van der Waals surface area (Å²) in [5.41, 5.74) is 2.69. The fourth-order valence-corrected chi connectivity index (χ4v) is 2.66. The standard InChI is InChI=1S/C20H22N2O3/c1-15-14-17(3-4-19(15)25-18-8-12-24-13-9-18)22-20(23)5-2-16-6-10-21-11-7-16/h2-7,10-11,14,18H,8-9,12-13H2,1H3,(H,22,23)/b5-2+. The van der Waals surface area contributed by atoms with Crippen LogP contribution in [-0.2, 0) is 9.53 Å². The first-order valence-corrected chi connectivity index (χ1v) is 8.45. The van der Waals surface area contributed by atoms with Crippen molar-refractivity contribution >= 4 is 17.7 Å². The van der Waals surface area contributed by atoms with E-state index in [0.717, 1.165) is 48.6 Å². The van der Waals surface area contributed by atoms with Gasteiger partial charge in [0.05, 0.1) is 13.2 Å². The van der Waals surface area contributed by atoms with Crippen LogP contribution in [0.3, 0.4) is 0 Å². The van der Waals surface area contributed by atoms with Gasteiger partial charge in [-0.15, -0.1) is 0 Å². The molecule has 1 N–H and O–H groups in total. The molecule has 0 saturated carbocycles. The van der Waals surface area contributed by atoms with Crippen molar-refractivity contribution in [1.82, 2.24) is 4.98 Å². The van der Waals surface area contributed by atoms with Gasteiger partial charge in [-0.2, -0.15) is 0 Å². The number of hydrogen-bond donors (Lipinski definition) is 1. The van der Waals surface area contributed by atoms with Gasteiger partial charge in [-0.05, 0) is 54.5 Å². The van der Waals surface area contributed by atoms with E-state index in [4.69, 9.17) is 9.47 Å². The third-order valence-corrected chi connectivity index (χ3v) is 4.04. The van der Waals surface area contributed by atoms with Crippen molar-refractivity contribution in [1.29, 1.82) is 0 Å². The monoisotopic (exact) mass is 338 g/mol. The molecule has 5 heteroatoms. The topological polar surface area (TPSA) is 60.5 Å². The summed E-state index contributed by atoms with van der Waals surface area (Å²) in [4.78, 5) is 16.0. The van der Waals surface area contributed by atoms with E-state index in [2.05, 4.69) is 10.3 Å². The molecule has 3 rings (SSSR count). The van der Waals surface area contributed by atoms with Crippen LogP contribution in [0.5, 0.6) is 5.75 Å². The van der Waals surface area contributed by atoms with E-state index in [9.17, 15) is 4.79 Å². The van der Waals surface area contributed by atoms with Crippen LogP contribution < -0.4 is 10.1 Å². The van der Waals surface area contributed by atoms with Crippen molar-refractivity contribution in [3.63, 3.8) is 0 Å². The molecule has 0 spiro atoms. The molecule has 5 nitrogen and oxygen atoms in total. The molecule has 25 heavy (non-hydrogen) atoms. The van der Waals surface area contributed by atoms with E-state index in [1.54, 1.807) is 18.5 Å². The number of ether oxygens (including phenoxy) is 2. The van der Waals surface area contributed by atoms with Gasteiger partial charge in [0.1, 0.15) is 11.9 Å². The van der Waals surface area contributed by atoms with Crippen LogP contribution in [0.2, 0.25) is 0 Å². The zero-order valence-electron chi connectivity index (χ0n) is 14.3. The lowest BCUT2D eigenvalue weighted by Crippen LogP contribution is -2.26. The molecule has 1 aromatic heterocycles. The number of amides is 1. The third-order valence-electron chi connectivity index (χ3n) is 4.04. The molecule has 2 heterocycles. The molecule has 2 aromatic rings. The lowest BCUT2D eigenvalue weighted by atomic mass is 10.1. The number of anilines is 1. The highest BCUT2D eigenvalue weighted by Gasteiger charge is 2.16. The molecular formula is C20H22N2O3. The lowest BCUT2D eigenvalue weighted by molar-refractivity contribution is -0.111. The van der Waals surface area contributed by atoms with Crippen molar-refractivity contribution in [3.05, 3.63) is 59.9 Å². The maximum atomic E-state index is 12.0. The minimum Gasteiger partial charge on any atom is -0.490 e. The van der Waals surface area contributed by atoms with Crippen molar-refractivity contribution in [2.75, 3.05) is 18.5 Å². The summed E-state index contributed by atoms with van der Waals surface area (Å²) in [7, 11) is 0. The van der Waals surface area contributed by atoms with E-state index in [1.807, 2.05) is 37.3 Å². The van der Waals surface area contributed by atoms with Gasteiger partial charge in [-0.1, -0.05) is 0 Å². The van der Waals surface area contributed by atoms with Gasteiger partial charge in [0.25, 0.3) is 0 Å². The Morgan fingerprint density at radius 1 is 1.24 bits per heavy atom. The van der Waals surface area contributed by atoms with Gasteiger partial charge >= 0.3 is 0 Å². The van der Waals surface area contributed by atoms with Crippen LogP contribution in [0.4, 0.5) is 5.69 Å². The minimum atomic E-state index is -0.172. The van der Waals surface area contributed by atoms with Crippen molar-refractivity contribution < 1.29 is 14.3 Å². The zero-order valence-corrected chi connectivity index (χ0v) is 14.3. The SMILES string of the molecule is Cc1cc(NC(=O)/C=C/c2ccncc2)ccc1OC1CCOCC1. The maximum absolute atomic E-state index is 12.0. The van der Waals surface area contributed by atoms with Gasteiger partial charge in [0.15, 0.2) is 0 Å². The van der Waals surface area contributed by atoms with E-state index in [1.165, 1.54) is 6.08 Å². The largest absolute Gasteiger partial charge is 0.490 e. The molecule has 0 aliphatic carbocycles. The Morgan fingerprint density at radius 2 is 2.00 bits per heavy atom. The maximum Gasteiger partial charge on any atom is 0.248 e. The second kappa shape index (κ2) is 8.44. The predicted octanol–water partition coefficient (Wildman–Crippen LogP) is 3.60. The molecule has 1 fully saturated rings.